The molecule has 7 heteroatoms. The molecule has 1 aliphatic heterocycles. The van der Waals surface area contributed by atoms with E-state index in [4.69, 9.17) is 0 Å². The number of piperidine rings is 1. The Morgan fingerprint density at radius 1 is 1.17 bits per heavy atom. The van der Waals surface area contributed by atoms with Gasteiger partial charge in [0, 0.05) is 17.0 Å². The average Bonchev–Trinajstić information content (AvgIpc) is 2.74. The van der Waals surface area contributed by atoms with Crippen LogP contribution in [0.1, 0.15) is 43.9 Å². The van der Waals surface area contributed by atoms with E-state index in [2.05, 4.69) is 13.8 Å². The van der Waals surface area contributed by atoms with Gasteiger partial charge < -0.3 is 5.11 Å². The summed E-state index contributed by atoms with van der Waals surface area (Å²) in [6.07, 6.45) is 1.41. The molecule has 1 aliphatic rings. The Balaban J connectivity index is 2.04. The van der Waals surface area contributed by atoms with Crippen LogP contribution >= 0.6 is 11.8 Å². The van der Waals surface area contributed by atoms with Gasteiger partial charge in [0.05, 0.1) is 16.9 Å². The molecule has 30 heavy (non-hydrogen) atoms. The van der Waals surface area contributed by atoms with Gasteiger partial charge in [-0.3, -0.25) is 4.79 Å². The maximum absolute atomic E-state index is 13.6. The van der Waals surface area contributed by atoms with Crippen LogP contribution in [0.15, 0.2) is 59.5 Å². The summed E-state index contributed by atoms with van der Waals surface area (Å²) in [5.74, 6) is -1.68. The number of nitrogens with zero attached hydrogens (tertiary/aromatic N) is 1. The van der Waals surface area contributed by atoms with Crippen molar-refractivity contribution >= 4 is 27.8 Å². The first-order chi connectivity index (χ1) is 14.2. The minimum absolute atomic E-state index is 0.0286. The van der Waals surface area contributed by atoms with Crippen LogP contribution in [0.3, 0.4) is 0 Å². The fourth-order valence-corrected chi connectivity index (χ4v) is 6.94. The molecule has 5 nitrogen and oxygen atoms in total. The minimum Gasteiger partial charge on any atom is -0.481 e. The van der Waals surface area contributed by atoms with Gasteiger partial charge in [-0.15, -0.1) is 0 Å². The van der Waals surface area contributed by atoms with E-state index in [9.17, 15) is 18.3 Å². The molecule has 0 amide bonds. The lowest BCUT2D eigenvalue weighted by Gasteiger charge is -2.42. The normalized spacial score (nSPS) is 23.8. The zero-order valence-corrected chi connectivity index (χ0v) is 19.2. The van der Waals surface area contributed by atoms with Crippen molar-refractivity contribution in [2.45, 2.75) is 55.1 Å². The molecule has 0 aromatic heterocycles. The third-order valence-corrected chi connectivity index (χ3v) is 9.30. The first kappa shape index (κ1) is 22.8. The van der Waals surface area contributed by atoms with Crippen LogP contribution in [-0.4, -0.2) is 40.8 Å². The predicted molar refractivity (Wildman–Crippen MR) is 121 cm³/mol. The highest BCUT2D eigenvalue weighted by molar-refractivity contribution is 8.00. The monoisotopic (exact) mass is 447 g/mol. The van der Waals surface area contributed by atoms with E-state index in [0.29, 0.717) is 11.7 Å². The molecule has 1 N–H and O–H groups in total. The number of aliphatic carboxylic acids is 1. The average molecular weight is 448 g/mol. The smallest absolute Gasteiger partial charge is 0.308 e. The van der Waals surface area contributed by atoms with Gasteiger partial charge in [-0.05, 0) is 37.5 Å². The number of thioether (sulfide) groups is 1. The highest BCUT2D eigenvalue weighted by Gasteiger charge is 2.45. The Morgan fingerprint density at radius 3 is 2.37 bits per heavy atom. The molecule has 0 radical (unpaired) electrons. The summed E-state index contributed by atoms with van der Waals surface area (Å²) in [6, 6.07) is 15.9. The van der Waals surface area contributed by atoms with Crippen LogP contribution in [0.25, 0.3) is 0 Å². The fraction of sp³-hybridized carbons (Fsp3) is 0.435. The van der Waals surface area contributed by atoms with Crippen molar-refractivity contribution in [1.82, 2.24) is 4.31 Å². The molecule has 0 bridgehead atoms. The van der Waals surface area contributed by atoms with E-state index in [1.54, 1.807) is 36.0 Å². The van der Waals surface area contributed by atoms with E-state index >= 15 is 0 Å². The number of rotatable bonds is 7. The first-order valence-electron chi connectivity index (χ1n) is 10.3. The van der Waals surface area contributed by atoms with Gasteiger partial charge in [-0.1, -0.05) is 61.9 Å². The van der Waals surface area contributed by atoms with Crippen LogP contribution < -0.4 is 0 Å². The van der Waals surface area contributed by atoms with Crippen molar-refractivity contribution in [1.29, 1.82) is 0 Å². The second kappa shape index (κ2) is 9.54. The largest absolute Gasteiger partial charge is 0.481 e. The van der Waals surface area contributed by atoms with E-state index in [-0.39, 0.29) is 16.7 Å². The van der Waals surface area contributed by atoms with Crippen LogP contribution in [0.4, 0.5) is 0 Å². The molecule has 1 unspecified atom stereocenters. The standard InChI is InChI=1S/C23H29NO4S2/c1-4-17(3)29-22-14-21(18-8-6-5-7-9-18)24(15-20(22)23(25)26)30(27,28)19-12-10-16(2)11-13-19/h5-13,17,20-22H,4,14-15H2,1-3H3,(H,25,26)/t17?,20-,21+,22-/m1/s1. The molecule has 2 aromatic carbocycles. The molecule has 1 saturated heterocycles. The van der Waals surface area contributed by atoms with Crippen LogP contribution in [0.5, 0.6) is 0 Å². The van der Waals surface area contributed by atoms with Gasteiger partial charge in [0.25, 0.3) is 0 Å². The number of carboxylic acids is 1. The van der Waals surface area contributed by atoms with Gasteiger partial charge in [0.2, 0.25) is 10.0 Å². The fourth-order valence-electron chi connectivity index (χ4n) is 3.81. The Morgan fingerprint density at radius 2 is 1.80 bits per heavy atom. The molecule has 4 atom stereocenters. The Labute approximate surface area is 183 Å². The number of hydrogen-bond donors (Lipinski definition) is 1. The zero-order valence-electron chi connectivity index (χ0n) is 17.6. The van der Waals surface area contributed by atoms with E-state index in [1.165, 1.54) is 4.31 Å². The molecular weight excluding hydrogens is 418 g/mol. The van der Waals surface area contributed by atoms with Crippen molar-refractivity contribution in [3.8, 4) is 0 Å². The zero-order chi connectivity index (χ0) is 21.9. The predicted octanol–water partition coefficient (Wildman–Crippen LogP) is 4.73. The topological polar surface area (TPSA) is 74.7 Å². The van der Waals surface area contributed by atoms with Crippen LogP contribution in [0, 0.1) is 12.8 Å². The molecule has 0 spiro atoms. The summed E-state index contributed by atoms with van der Waals surface area (Å²) < 4.78 is 28.5. The lowest BCUT2D eigenvalue weighted by atomic mass is 9.90. The summed E-state index contributed by atoms with van der Waals surface area (Å²) in [7, 11) is -3.84. The molecule has 162 valence electrons. The lowest BCUT2D eigenvalue weighted by molar-refractivity contribution is -0.143. The maximum Gasteiger partial charge on any atom is 0.308 e. The minimum atomic E-state index is -3.84. The van der Waals surface area contributed by atoms with Crippen molar-refractivity contribution in [2.24, 2.45) is 5.92 Å². The second-order valence-corrected chi connectivity index (χ2v) is 11.5. The molecule has 0 saturated carbocycles. The summed E-state index contributed by atoms with van der Waals surface area (Å²) >= 11 is 1.66. The number of benzene rings is 2. The van der Waals surface area contributed by atoms with Crippen molar-refractivity contribution in [3.05, 3.63) is 65.7 Å². The molecular formula is C23H29NO4S2. The van der Waals surface area contributed by atoms with Gasteiger partial charge in [-0.25, -0.2) is 8.42 Å². The summed E-state index contributed by atoms with van der Waals surface area (Å²) in [4.78, 5) is 12.3. The number of sulfonamides is 1. The number of carbonyl (C=O) groups is 1. The van der Waals surface area contributed by atoms with E-state index in [0.717, 1.165) is 17.5 Å². The third-order valence-electron chi connectivity index (χ3n) is 5.74. The van der Waals surface area contributed by atoms with E-state index < -0.39 is 28.0 Å². The van der Waals surface area contributed by atoms with E-state index in [1.807, 2.05) is 37.3 Å². The van der Waals surface area contributed by atoms with Crippen molar-refractivity contribution < 1.29 is 18.3 Å². The molecule has 0 aliphatic carbocycles. The maximum atomic E-state index is 13.6. The highest BCUT2D eigenvalue weighted by Crippen LogP contribution is 2.43. The summed E-state index contributed by atoms with van der Waals surface area (Å²) in [6.45, 7) is 6.05. The van der Waals surface area contributed by atoms with Crippen molar-refractivity contribution in [3.63, 3.8) is 0 Å². The third kappa shape index (κ3) is 4.90. The Kier molecular flexibility index (Phi) is 7.26. The molecule has 2 aromatic rings. The molecule has 1 heterocycles. The van der Waals surface area contributed by atoms with Gasteiger partial charge in [0.1, 0.15) is 0 Å². The quantitative estimate of drug-likeness (QED) is 0.664. The lowest BCUT2D eigenvalue weighted by Crippen LogP contribution is -2.49. The molecule has 3 rings (SSSR count). The Hall–Kier alpha value is -1.83. The Bertz CT molecular complexity index is 960. The van der Waals surface area contributed by atoms with Crippen molar-refractivity contribution in [2.75, 3.05) is 6.54 Å². The van der Waals surface area contributed by atoms with Gasteiger partial charge >= 0.3 is 5.97 Å². The van der Waals surface area contributed by atoms with Gasteiger partial charge in [-0.2, -0.15) is 16.1 Å². The number of aryl methyl sites for hydroxylation is 1. The number of hydrogen-bond acceptors (Lipinski definition) is 4. The van der Waals surface area contributed by atoms with Crippen LogP contribution in [0.2, 0.25) is 0 Å². The summed E-state index contributed by atoms with van der Waals surface area (Å²) in [5, 5.41) is 10.1. The SMILES string of the molecule is CCC(C)S[C@@H]1C[C@@H](c2ccccc2)N(S(=O)(=O)c2ccc(C)cc2)C[C@H]1C(=O)O. The highest BCUT2D eigenvalue weighted by atomic mass is 32.2. The van der Waals surface area contributed by atoms with Gasteiger partial charge in [0.15, 0.2) is 0 Å². The number of carboxylic acid groups (broad SMARTS) is 1. The first-order valence-corrected chi connectivity index (χ1v) is 12.6. The summed E-state index contributed by atoms with van der Waals surface area (Å²) in [5.41, 5.74) is 1.87. The second-order valence-electron chi connectivity index (χ2n) is 7.89. The van der Waals surface area contributed by atoms with Crippen LogP contribution in [-0.2, 0) is 14.8 Å². The molecule has 1 fully saturated rings.